The van der Waals surface area contributed by atoms with Crippen LogP contribution in [0.2, 0.25) is 0 Å². The molecule has 4 heteroatoms. The summed E-state index contributed by atoms with van der Waals surface area (Å²) in [6, 6.07) is 0.497. The first kappa shape index (κ1) is 15.8. The Morgan fingerprint density at radius 3 is 2.58 bits per heavy atom. The molecule has 0 aromatic heterocycles. The molecule has 0 atom stereocenters. The Kier molecular flexibility index (Phi) is 6.17. The zero-order valence-corrected chi connectivity index (χ0v) is 12.4. The van der Waals surface area contributed by atoms with E-state index in [1.165, 1.54) is 0 Å². The standard InChI is InChI=1S/C15H26N2O2/c1-5-6-7-10-16-13-8-11-17(12-9-13)14(18)19-15(2,3)4/h1,13,16H,6-12H2,2-4H3. The SMILES string of the molecule is C#CCCCNC1CCN(C(=O)OC(C)(C)C)CC1. The molecule has 0 saturated carbocycles. The fourth-order valence-corrected chi connectivity index (χ4v) is 2.09. The van der Waals surface area contributed by atoms with Gasteiger partial charge in [0.25, 0.3) is 0 Å². The van der Waals surface area contributed by atoms with E-state index in [1.807, 2.05) is 20.8 Å². The van der Waals surface area contributed by atoms with E-state index in [9.17, 15) is 4.79 Å². The number of unbranched alkanes of at least 4 members (excludes halogenated alkanes) is 1. The monoisotopic (exact) mass is 266 g/mol. The highest BCUT2D eigenvalue weighted by Crippen LogP contribution is 2.15. The number of carbonyl (C=O) groups is 1. The maximum atomic E-state index is 11.9. The van der Waals surface area contributed by atoms with Crippen LogP contribution in [0.5, 0.6) is 0 Å². The lowest BCUT2D eigenvalue weighted by atomic mass is 10.1. The van der Waals surface area contributed by atoms with Crippen LogP contribution in [0.15, 0.2) is 0 Å². The van der Waals surface area contributed by atoms with Gasteiger partial charge in [0.2, 0.25) is 0 Å². The van der Waals surface area contributed by atoms with Crippen LogP contribution in [-0.4, -0.2) is 42.3 Å². The predicted octanol–water partition coefficient (Wildman–Crippen LogP) is 2.39. The van der Waals surface area contributed by atoms with Crippen molar-refractivity contribution >= 4 is 6.09 Å². The Labute approximate surface area is 116 Å². The summed E-state index contributed by atoms with van der Waals surface area (Å²) >= 11 is 0. The Bertz CT molecular complexity index is 320. The molecule has 0 unspecified atom stereocenters. The van der Waals surface area contributed by atoms with Crippen molar-refractivity contribution in [2.45, 2.75) is 58.1 Å². The Hall–Kier alpha value is -1.21. The van der Waals surface area contributed by atoms with Crippen molar-refractivity contribution in [1.82, 2.24) is 10.2 Å². The highest BCUT2D eigenvalue weighted by Gasteiger charge is 2.26. The smallest absolute Gasteiger partial charge is 0.410 e. The predicted molar refractivity (Wildman–Crippen MR) is 76.9 cm³/mol. The van der Waals surface area contributed by atoms with Gasteiger partial charge in [0.1, 0.15) is 5.60 Å². The van der Waals surface area contributed by atoms with Gasteiger partial charge in [0.15, 0.2) is 0 Å². The minimum Gasteiger partial charge on any atom is -0.444 e. The van der Waals surface area contributed by atoms with Gasteiger partial charge in [0, 0.05) is 25.6 Å². The quantitative estimate of drug-likeness (QED) is 0.627. The molecule has 0 bridgehead atoms. The number of hydrogen-bond acceptors (Lipinski definition) is 3. The van der Waals surface area contributed by atoms with E-state index >= 15 is 0 Å². The maximum absolute atomic E-state index is 11.9. The zero-order chi connectivity index (χ0) is 14.3. The van der Waals surface area contributed by atoms with Crippen molar-refractivity contribution in [3.05, 3.63) is 0 Å². The highest BCUT2D eigenvalue weighted by molar-refractivity contribution is 5.68. The topological polar surface area (TPSA) is 41.6 Å². The maximum Gasteiger partial charge on any atom is 0.410 e. The summed E-state index contributed by atoms with van der Waals surface area (Å²) in [6.07, 6.45) is 8.82. The number of likely N-dealkylation sites (tertiary alicyclic amines) is 1. The van der Waals surface area contributed by atoms with Crippen molar-refractivity contribution < 1.29 is 9.53 Å². The van der Waals surface area contributed by atoms with Crippen molar-refractivity contribution in [2.75, 3.05) is 19.6 Å². The van der Waals surface area contributed by atoms with Gasteiger partial charge in [-0.15, -0.1) is 12.3 Å². The van der Waals surface area contributed by atoms with E-state index in [-0.39, 0.29) is 6.09 Å². The molecule has 1 heterocycles. The summed E-state index contributed by atoms with van der Waals surface area (Å²) in [6.45, 7) is 8.17. The molecule has 4 nitrogen and oxygen atoms in total. The third-order valence-corrected chi connectivity index (χ3v) is 3.08. The molecule has 0 aromatic rings. The van der Waals surface area contributed by atoms with Gasteiger partial charge >= 0.3 is 6.09 Å². The molecule has 1 N–H and O–H groups in total. The molecule has 0 aliphatic carbocycles. The first-order valence-electron chi connectivity index (χ1n) is 7.07. The second-order valence-corrected chi connectivity index (χ2v) is 6.00. The fraction of sp³-hybridized carbons (Fsp3) is 0.800. The number of piperidine rings is 1. The van der Waals surface area contributed by atoms with E-state index in [0.717, 1.165) is 45.3 Å². The number of hydrogen-bond donors (Lipinski definition) is 1. The molecule has 0 spiro atoms. The Morgan fingerprint density at radius 2 is 2.05 bits per heavy atom. The lowest BCUT2D eigenvalue weighted by Gasteiger charge is -2.33. The molecular formula is C15H26N2O2. The number of nitrogens with one attached hydrogen (secondary N) is 1. The van der Waals surface area contributed by atoms with E-state index in [0.29, 0.717) is 6.04 Å². The molecule has 1 fully saturated rings. The molecule has 1 aliphatic rings. The van der Waals surface area contributed by atoms with Crippen LogP contribution in [0.1, 0.15) is 46.5 Å². The van der Waals surface area contributed by atoms with Gasteiger partial charge in [-0.2, -0.15) is 0 Å². The van der Waals surface area contributed by atoms with Gasteiger partial charge in [-0.05, 0) is 46.6 Å². The summed E-state index contributed by atoms with van der Waals surface area (Å²) in [7, 11) is 0. The average molecular weight is 266 g/mol. The number of terminal acetylenes is 1. The Balaban J connectivity index is 2.22. The van der Waals surface area contributed by atoms with Crippen LogP contribution < -0.4 is 5.32 Å². The lowest BCUT2D eigenvalue weighted by molar-refractivity contribution is 0.0198. The molecule has 1 amide bonds. The van der Waals surface area contributed by atoms with Gasteiger partial charge in [0.05, 0.1) is 0 Å². The average Bonchev–Trinajstić information content (AvgIpc) is 2.33. The van der Waals surface area contributed by atoms with Gasteiger partial charge in [-0.25, -0.2) is 4.79 Å². The summed E-state index contributed by atoms with van der Waals surface area (Å²) in [4.78, 5) is 13.7. The first-order valence-corrected chi connectivity index (χ1v) is 7.07. The van der Waals surface area contributed by atoms with Gasteiger partial charge in [-0.3, -0.25) is 0 Å². The van der Waals surface area contributed by atoms with Crippen molar-refractivity contribution in [2.24, 2.45) is 0 Å². The normalized spacial score (nSPS) is 17.1. The summed E-state index contributed by atoms with van der Waals surface area (Å²) in [5.74, 6) is 2.64. The van der Waals surface area contributed by atoms with Gasteiger partial charge < -0.3 is 15.0 Å². The van der Waals surface area contributed by atoms with E-state index in [4.69, 9.17) is 11.2 Å². The van der Waals surface area contributed by atoms with Crippen LogP contribution in [-0.2, 0) is 4.74 Å². The third kappa shape index (κ3) is 6.49. The lowest BCUT2D eigenvalue weighted by Crippen LogP contribution is -2.46. The van der Waals surface area contributed by atoms with E-state index < -0.39 is 5.60 Å². The van der Waals surface area contributed by atoms with Crippen LogP contribution in [0, 0.1) is 12.3 Å². The van der Waals surface area contributed by atoms with E-state index in [1.54, 1.807) is 4.90 Å². The fourth-order valence-electron chi connectivity index (χ4n) is 2.09. The highest BCUT2D eigenvalue weighted by atomic mass is 16.6. The number of carbonyl (C=O) groups excluding carboxylic acids is 1. The number of amides is 1. The summed E-state index contributed by atoms with van der Waals surface area (Å²) in [5.41, 5.74) is -0.415. The van der Waals surface area contributed by atoms with Crippen molar-refractivity contribution in [3.8, 4) is 12.3 Å². The van der Waals surface area contributed by atoms with Crippen molar-refractivity contribution in [3.63, 3.8) is 0 Å². The second kappa shape index (κ2) is 7.40. The minimum absolute atomic E-state index is 0.196. The van der Waals surface area contributed by atoms with Crippen LogP contribution in [0.4, 0.5) is 4.79 Å². The number of rotatable bonds is 4. The van der Waals surface area contributed by atoms with Crippen LogP contribution in [0.25, 0.3) is 0 Å². The summed E-state index contributed by atoms with van der Waals surface area (Å²) < 4.78 is 5.37. The molecule has 1 saturated heterocycles. The summed E-state index contributed by atoms with van der Waals surface area (Å²) in [5, 5.41) is 3.49. The zero-order valence-electron chi connectivity index (χ0n) is 12.4. The van der Waals surface area contributed by atoms with Gasteiger partial charge in [-0.1, -0.05) is 0 Å². The number of ether oxygens (including phenoxy) is 1. The largest absolute Gasteiger partial charge is 0.444 e. The molecule has 1 rings (SSSR count). The molecule has 0 aromatic carbocycles. The molecule has 19 heavy (non-hydrogen) atoms. The second-order valence-electron chi connectivity index (χ2n) is 6.00. The molecular weight excluding hydrogens is 240 g/mol. The number of nitrogens with zero attached hydrogens (tertiary/aromatic N) is 1. The molecule has 108 valence electrons. The third-order valence-electron chi connectivity index (χ3n) is 3.08. The molecule has 0 radical (unpaired) electrons. The van der Waals surface area contributed by atoms with Crippen molar-refractivity contribution in [1.29, 1.82) is 0 Å². The first-order chi connectivity index (χ1) is 8.92. The Morgan fingerprint density at radius 1 is 1.42 bits per heavy atom. The van der Waals surface area contributed by atoms with Crippen LogP contribution >= 0.6 is 0 Å². The minimum atomic E-state index is -0.415. The molecule has 1 aliphatic heterocycles. The van der Waals surface area contributed by atoms with Crippen LogP contribution in [0.3, 0.4) is 0 Å². The van der Waals surface area contributed by atoms with E-state index in [2.05, 4.69) is 11.2 Å².